The Morgan fingerprint density at radius 2 is 1.60 bits per heavy atom. The average molecular weight is 647 g/mol. The fraction of sp³-hybridized carbons (Fsp3) is 0.415. The number of carbonyl (C=O) groups is 1. The van der Waals surface area contributed by atoms with Gasteiger partial charge in [-0.25, -0.2) is 4.68 Å². The van der Waals surface area contributed by atoms with Crippen LogP contribution in [0.4, 0.5) is 0 Å². The van der Waals surface area contributed by atoms with E-state index >= 15 is 0 Å². The van der Waals surface area contributed by atoms with Gasteiger partial charge < -0.3 is 4.74 Å². The fourth-order valence-electron chi connectivity index (χ4n) is 5.64. The van der Waals surface area contributed by atoms with E-state index in [-0.39, 0.29) is 18.1 Å². The molecule has 0 aliphatic heterocycles. The molecule has 2 aromatic heterocycles. The van der Waals surface area contributed by atoms with Crippen molar-refractivity contribution in [2.45, 2.75) is 104 Å². The van der Waals surface area contributed by atoms with Crippen LogP contribution in [0.25, 0.3) is 16.5 Å². The summed E-state index contributed by atoms with van der Waals surface area (Å²) in [6.07, 6.45) is 24.7. The smallest absolute Gasteiger partial charge is 0.305 e. The Bertz CT molecular complexity index is 1760. The van der Waals surface area contributed by atoms with Crippen molar-refractivity contribution in [2.24, 2.45) is 0 Å². The first-order valence-corrected chi connectivity index (χ1v) is 17.7. The topological polar surface area (TPSA) is 79.0 Å². The third-order valence-electron chi connectivity index (χ3n) is 8.28. The Balaban J connectivity index is 1.17. The number of para-hydroxylation sites is 1. The third-order valence-corrected chi connectivity index (χ3v) is 8.28. The molecule has 0 fully saturated rings. The number of allylic oxidation sites excluding steroid dienone is 4. The second-order valence-corrected chi connectivity index (χ2v) is 12.1. The van der Waals surface area contributed by atoms with Gasteiger partial charge in [-0.15, -0.1) is 5.10 Å². The fourth-order valence-corrected chi connectivity index (χ4v) is 5.64. The summed E-state index contributed by atoms with van der Waals surface area (Å²) in [7, 11) is 0. The van der Waals surface area contributed by atoms with E-state index in [1.807, 2.05) is 55.5 Å². The zero-order chi connectivity index (χ0) is 33.8. The maximum Gasteiger partial charge on any atom is 0.305 e. The molecule has 0 radical (unpaired) electrons. The van der Waals surface area contributed by atoms with Crippen LogP contribution in [0.2, 0.25) is 0 Å². The van der Waals surface area contributed by atoms with E-state index < -0.39 is 0 Å². The predicted octanol–water partition coefficient (Wildman–Crippen LogP) is 8.90. The number of pyridine rings is 1. The van der Waals surface area contributed by atoms with Gasteiger partial charge in [0.25, 0.3) is 5.56 Å². The first kappa shape index (κ1) is 36.1. The summed E-state index contributed by atoms with van der Waals surface area (Å²) in [6, 6.07) is 17.5. The highest BCUT2D eigenvalue weighted by atomic mass is 16.5. The molecule has 0 saturated carbocycles. The van der Waals surface area contributed by atoms with Crippen LogP contribution in [0.1, 0.15) is 108 Å². The highest BCUT2D eigenvalue weighted by molar-refractivity contribution is 5.88. The van der Waals surface area contributed by atoms with Crippen molar-refractivity contribution in [3.8, 4) is 17.5 Å². The molecular formula is C41H50N4O3. The summed E-state index contributed by atoms with van der Waals surface area (Å²) in [4.78, 5) is 25.9. The first-order chi connectivity index (χ1) is 23.6. The number of rotatable bonds is 19. The number of aromatic nitrogens is 4. The minimum Gasteiger partial charge on any atom is -0.464 e. The molecule has 48 heavy (non-hydrogen) atoms. The van der Waals surface area contributed by atoms with Crippen molar-refractivity contribution >= 4 is 16.7 Å². The van der Waals surface area contributed by atoms with E-state index in [2.05, 4.69) is 59.4 Å². The quantitative estimate of drug-likeness (QED) is 0.0440. The number of fused-ring (bicyclic) bond motifs is 1. The molecule has 0 amide bonds. The molecule has 4 rings (SSSR count). The highest BCUT2D eigenvalue weighted by Gasteiger charge is 2.12. The van der Waals surface area contributed by atoms with Crippen molar-refractivity contribution in [1.82, 2.24) is 19.6 Å². The Labute approximate surface area is 285 Å². The van der Waals surface area contributed by atoms with Gasteiger partial charge in [-0.3, -0.25) is 14.2 Å². The summed E-state index contributed by atoms with van der Waals surface area (Å²) >= 11 is 0. The number of esters is 1. The Morgan fingerprint density at radius 3 is 2.38 bits per heavy atom. The van der Waals surface area contributed by atoms with Gasteiger partial charge in [-0.05, 0) is 80.5 Å². The second-order valence-electron chi connectivity index (χ2n) is 12.1. The molecule has 0 N–H and O–H groups in total. The zero-order valence-electron chi connectivity index (χ0n) is 28.7. The minimum absolute atomic E-state index is 0.0919. The van der Waals surface area contributed by atoms with Crippen LogP contribution in [0.5, 0.6) is 0 Å². The van der Waals surface area contributed by atoms with Crippen LogP contribution in [0.15, 0.2) is 89.9 Å². The highest BCUT2D eigenvalue weighted by Crippen LogP contribution is 2.19. The van der Waals surface area contributed by atoms with Crippen molar-refractivity contribution < 1.29 is 9.53 Å². The maximum absolute atomic E-state index is 13.7. The van der Waals surface area contributed by atoms with E-state index in [0.717, 1.165) is 55.3 Å². The lowest BCUT2D eigenvalue weighted by molar-refractivity contribution is -0.144. The molecule has 0 aliphatic rings. The number of ether oxygens (including phenoxy) is 1. The lowest BCUT2D eigenvalue weighted by Gasteiger charge is -2.14. The molecule has 2 aromatic carbocycles. The molecule has 252 valence electrons. The molecule has 2 heterocycles. The first-order valence-electron chi connectivity index (χ1n) is 17.7. The van der Waals surface area contributed by atoms with Gasteiger partial charge in [0.1, 0.15) is 6.61 Å². The van der Waals surface area contributed by atoms with Crippen LogP contribution in [0.3, 0.4) is 0 Å². The number of carbonyl (C=O) groups excluding carboxylic acids is 1. The van der Waals surface area contributed by atoms with Gasteiger partial charge in [0, 0.05) is 23.4 Å². The summed E-state index contributed by atoms with van der Waals surface area (Å²) in [5.74, 6) is 6.02. The molecule has 0 aliphatic carbocycles. The standard InChI is InChI=1S/C41H50N4O3/c1-3-5-6-7-8-9-10-11-12-13-14-15-16-17-21-27-39(46)48-31-30-44-33-36(42-43-44)29-28-34-23-22-24-35-32-37(4-2)45(41(47)40(34)35)38-25-19-18-20-26-38/h8-9,11-12,18-20,22-26,32-33H,3-7,10,13-17,21,27,30-31H2,1-2H3/b9-8-,12-11-. The van der Waals surface area contributed by atoms with Gasteiger partial charge in [-0.1, -0.05) is 112 Å². The van der Waals surface area contributed by atoms with E-state index in [1.54, 1.807) is 15.4 Å². The molecule has 0 saturated heterocycles. The lowest BCUT2D eigenvalue weighted by atomic mass is 10.0. The number of hydrogen-bond donors (Lipinski definition) is 0. The van der Waals surface area contributed by atoms with Gasteiger partial charge >= 0.3 is 5.97 Å². The predicted molar refractivity (Wildman–Crippen MR) is 195 cm³/mol. The van der Waals surface area contributed by atoms with Crippen LogP contribution < -0.4 is 5.56 Å². The van der Waals surface area contributed by atoms with Gasteiger partial charge in [-0.2, -0.15) is 0 Å². The van der Waals surface area contributed by atoms with E-state index in [4.69, 9.17) is 4.74 Å². The average Bonchev–Trinajstić information content (AvgIpc) is 3.56. The molecule has 7 nitrogen and oxygen atoms in total. The molecule has 0 unspecified atom stereocenters. The van der Waals surface area contributed by atoms with Gasteiger partial charge in [0.2, 0.25) is 0 Å². The number of hydrogen-bond acceptors (Lipinski definition) is 5. The Morgan fingerprint density at radius 1 is 0.854 bits per heavy atom. The van der Waals surface area contributed by atoms with Crippen molar-refractivity contribution in [2.75, 3.05) is 6.61 Å². The zero-order valence-corrected chi connectivity index (χ0v) is 28.7. The molecule has 0 spiro atoms. The van der Waals surface area contributed by atoms with E-state index in [9.17, 15) is 9.59 Å². The summed E-state index contributed by atoms with van der Waals surface area (Å²) in [5.41, 5.74) is 2.81. The number of aryl methyl sites for hydroxylation is 1. The molecular weight excluding hydrogens is 596 g/mol. The lowest BCUT2D eigenvalue weighted by Crippen LogP contribution is -2.22. The monoisotopic (exact) mass is 646 g/mol. The summed E-state index contributed by atoms with van der Waals surface area (Å²) in [6.45, 7) is 4.92. The van der Waals surface area contributed by atoms with Crippen LogP contribution in [0, 0.1) is 11.8 Å². The van der Waals surface area contributed by atoms with Crippen molar-refractivity contribution in [3.63, 3.8) is 0 Å². The van der Waals surface area contributed by atoms with Crippen LogP contribution >= 0.6 is 0 Å². The SMILES string of the molecule is CCCCC/C=C\C/C=C\CCCCCCCC(=O)OCCn1cc(C#Cc2cccc3cc(CC)n(-c4ccccc4)c(=O)c23)nn1. The molecule has 7 heteroatoms. The van der Waals surface area contributed by atoms with Crippen LogP contribution in [-0.4, -0.2) is 32.1 Å². The van der Waals surface area contributed by atoms with Gasteiger partial charge in [0.15, 0.2) is 5.69 Å². The Hall–Kier alpha value is -4.70. The number of unbranched alkanes of at least 4 members (excludes halogenated alkanes) is 8. The largest absolute Gasteiger partial charge is 0.464 e. The summed E-state index contributed by atoms with van der Waals surface area (Å²) in [5, 5.41) is 9.72. The van der Waals surface area contributed by atoms with Crippen LogP contribution in [-0.2, 0) is 22.5 Å². The minimum atomic E-state index is -0.177. The summed E-state index contributed by atoms with van der Waals surface area (Å²) < 4.78 is 8.80. The van der Waals surface area contributed by atoms with Crippen molar-refractivity contribution in [1.29, 1.82) is 0 Å². The van der Waals surface area contributed by atoms with Crippen molar-refractivity contribution in [3.05, 3.63) is 112 Å². The number of benzene rings is 2. The van der Waals surface area contributed by atoms with E-state index in [0.29, 0.717) is 29.6 Å². The maximum atomic E-state index is 13.7. The normalized spacial score (nSPS) is 11.4. The Kier molecular flexibility index (Phi) is 15.4. The number of nitrogens with zero attached hydrogens (tertiary/aromatic N) is 4. The molecule has 4 aromatic rings. The molecule has 0 atom stereocenters. The van der Waals surface area contributed by atoms with E-state index in [1.165, 1.54) is 38.5 Å². The van der Waals surface area contributed by atoms with Gasteiger partial charge in [0.05, 0.1) is 18.1 Å². The third kappa shape index (κ3) is 11.5. The second kappa shape index (κ2) is 20.5. The molecule has 0 bridgehead atoms.